The fourth-order valence-corrected chi connectivity index (χ4v) is 1.59. The van der Waals surface area contributed by atoms with Crippen LogP contribution in [0.2, 0.25) is 0 Å². The first kappa shape index (κ1) is 16.2. The third kappa shape index (κ3) is 4.18. The fourth-order valence-electron chi connectivity index (χ4n) is 1.59. The van der Waals surface area contributed by atoms with Crippen molar-refractivity contribution in [3.05, 3.63) is 17.0 Å². The summed E-state index contributed by atoms with van der Waals surface area (Å²) < 4.78 is 5.29. The molecule has 0 saturated carbocycles. The van der Waals surface area contributed by atoms with Crippen molar-refractivity contribution in [1.82, 2.24) is 15.8 Å². The molecule has 0 aliphatic heterocycles. The minimum absolute atomic E-state index is 0. The molecule has 1 rings (SSSR count). The molecule has 5 nitrogen and oxygen atoms in total. The van der Waals surface area contributed by atoms with E-state index in [9.17, 15) is 0 Å². The lowest BCUT2D eigenvalue weighted by Crippen LogP contribution is -2.34. The molecule has 1 aromatic rings. The highest BCUT2D eigenvalue weighted by atomic mass is 127. The van der Waals surface area contributed by atoms with Gasteiger partial charge in [-0.2, -0.15) is 0 Å². The Kier molecular flexibility index (Phi) is 7.94. The molecule has 0 bridgehead atoms. The highest BCUT2D eigenvalue weighted by molar-refractivity contribution is 14.0. The molecule has 0 saturated heterocycles. The largest absolute Gasteiger partial charge is 0.361 e. The third-order valence-corrected chi connectivity index (χ3v) is 2.50. The smallest absolute Gasteiger partial charge is 0.190 e. The molecule has 0 aliphatic carbocycles. The number of halogens is 1. The second-order valence-corrected chi connectivity index (χ2v) is 3.41. The molecule has 0 spiro atoms. The summed E-state index contributed by atoms with van der Waals surface area (Å²) in [5.74, 6) is 1.72. The Labute approximate surface area is 119 Å². The molecule has 0 unspecified atom stereocenters. The molecule has 1 aromatic heterocycles. The summed E-state index contributed by atoms with van der Waals surface area (Å²) in [4.78, 5) is 4.06. The zero-order valence-electron chi connectivity index (χ0n) is 10.8. The molecule has 98 valence electrons. The quantitative estimate of drug-likeness (QED) is 0.492. The Hall–Kier alpha value is -0.790. The van der Waals surface area contributed by atoms with E-state index in [-0.39, 0.29) is 24.0 Å². The number of aromatic nitrogens is 1. The van der Waals surface area contributed by atoms with Crippen LogP contribution in [0.3, 0.4) is 0 Å². The number of nitrogens with zero attached hydrogens (tertiary/aromatic N) is 2. The Morgan fingerprint density at radius 2 is 2.06 bits per heavy atom. The monoisotopic (exact) mass is 352 g/mol. The molecule has 0 aromatic carbocycles. The van der Waals surface area contributed by atoms with Crippen molar-refractivity contribution in [3.8, 4) is 0 Å². The van der Waals surface area contributed by atoms with E-state index in [2.05, 4.69) is 34.6 Å². The minimum atomic E-state index is 0. The Balaban J connectivity index is 0.00000256. The van der Waals surface area contributed by atoms with Crippen molar-refractivity contribution in [2.24, 2.45) is 4.99 Å². The maximum Gasteiger partial charge on any atom is 0.190 e. The number of hydrogen-bond donors (Lipinski definition) is 2. The number of guanidine groups is 1. The van der Waals surface area contributed by atoms with Crippen molar-refractivity contribution >= 4 is 29.9 Å². The predicted octanol–water partition coefficient (Wildman–Crippen LogP) is 1.71. The number of rotatable bonds is 4. The molecule has 0 radical (unpaired) electrons. The summed E-state index contributed by atoms with van der Waals surface area (Å²) in [6.07, 6.45) is 1.75. The van der Waals surface area contributed by atoms with Crippen LogP contribution < -0.4 is 10.6 Å². The van der Waals surface area contributed by atoms with Gasteiger partial charge in [0.15, 0.2) is 5.96 Å². The molecule has 2 N–H and O–H groups in total. The summed E-state index contributed by atoms with van der Waals surface area (Å²) in [6, 6.07) is 0. The van der Waals surface area contributed by atoms with Crippen molar-refractivity contribution < 1.29 is 4.52 Å². The number of aryl methyl sites for hydroxylation is 2. The van der Waals surface area contributed by atoms with Gasteiger partial charge in [-0.05, 0) is 6.42 Å². The van der Waals surface area contributed by atoms with Crippen LogP contribution in [0.15, 0.2) is 9.52 Å². The van der Waals surface area contributed by atoms with Crippen LogP contribution >= 0.6 is 24.0 Å². The topological polar surface area (TPSA) is 62.5 Å². The highest BCUT2D eigenvalue weighted by Gasteiger charge is 2.13. The van der Waals surface area contributed by atoms with E-state index < -0.39 is 0 Å². The summed E-state index contributed by atoms with van der Waals surface area (Å²) in [5.41, 5.74) is 2.18. The van der Waals surface area contributed by atoms with Crippen LogP contribution in [-0.4, -0.2) is 25.2 Å². The van der Waals surface area contributed by atoms with Crippen molar-refractivity contribution in [2.75, 3.05) is 14.1 Å². The number of aliphatic imine (C=N–C) groups is 1. The lowest BCUT2D eigenvalue weighted by atomic mass is 10.1. The molecule has 0 aliphatic rings. The van der Waals surface area contributed by atoms with Crippen molar-refractivity contribution in [2.45, 2.75) is 33.2 Å². The molecular formula is C11H21IN4O. The first-order valence-electron chi connectivity index (χ1n) is 5.61. The zero-order chi connectivity index (χ0) is 12.0. The molecule has 6 heteroatoms. The van der Waals surface area contributed by atoms with Gasteiger partial charge in [0, 0.05) is 32.6 Å². The van der Waals surface area contributed by atoms with Crippen LogP contribution in [0.25, 0.3) is 0 Å². The van der Waals surface area contributed by atoms with Gasteiger partial charge in [-0.25, -0.2) is 0 Å². The van der Waals surface area contributed by atoms with Gasteiger partial charge < -0.3 is 15.2 Å². The van der Waals surface area contributed by atoms with Crippen molar-refractivity contribution in [1.29, 1.82) is 0 Å². The lowest BCUT2D eigenvalue weighted by Gasteiger charge is -2.08. The molecular weight excluding hydrogens is 331 g/mol. The van der Waals surface area contributed by atoms with Crippen LogP contribution in [0.1, 0.15) is 30.9 Å². The second kappa shape index (κ2) is 8.32. The van der Waals surface area contributed by atoms with Gasteiger partial charge in [0.2, 0.25) is 0 Å². The van der Waals surface area contributed by atoms with Gasteiger partial charge in [0.25, 0.3) is 0 Å². The highest BCUT2D eigenvalue weighted by Crippen LogP contribution is 2.15. The maximum absolute atomic E-state index is 5.29. The maximum atomic E-state index is 5.29. The first-order valence-corrected chi connectivity index (χ1v) is 5.61. The molecule has 17 heavy (non-hydrogen) atoms. The van der Waals surface area contributed by atoms with Crippen LogP contribution in [-0.2, 0) is 19.4 Å². The normalized spacial score (nSPS) is 10.9. The van der Waals surface area contributed by atoms with Crippen LogP contribution in [0.4, 0.5) is 0 Å². The van der Waals surface area contributed by atoms with Gasteiger partial charge >= 0.3 is 0 Å². The molecule has 1 heterocycles. The second-order valence-electron chi connectivity index (χ2n) is 3.41. The standard InChI is InChI=1S/C11H20N4O.HI/c1-5-9-8(10(6-2)16-15-9)7-14-11(12-3)13-4;/h5-7H2,1-4H3,(H2,12,13,14);1H. The summed E-state index contributed by atoms with van der Waals surface area (Å²) in [7, 11) is 3.58. The van der Waals surface area contributed by atoms with E-state index in [4.69, 9.17) is 4.52 Å². The summed E-state index contributed by atoms with van der Waals surface area (Å²) >= 11 is 0. The average molecular weight is 352 g/mol. The Morgan fingerprint density at radius 3 is 2.53 bits per heavy atom. The van der Waals surface area contributed by atoms with E-state index in [1.807, 2.05) is 7.05 Å². The zero-order valence-corrected chi connectivity index (χ0v) is 13.2. The SMILES string of the molecule is CCc1noc(CC)c1CNC(=NC)NC.I. The van der Waals surface area contributed by atoms with Crippen molar-refractivity contribution in [3.63, 3.8) is 0 Å². The predicted molar refractivity (Wildman–Crippen MR) is 79.9 cm³/mol. The van der Waals surface area contributed by atoms with Gasteiger partial charge in [0.05, 0.1) is 5.69 Å². The molecule has 0 atom stereocenters. The van der Waals surface area contributed by atoms with E-state index in [1.165, 1.54) is 0 Å². The Bertz CT molecular complexity index is 341. The number of hydrogen-bond acceptors (Lipinski definition) is 3. The fraction of sp³-hybridized carbons (Fsp3) is 0.636. The third-order valence-electron chi connectivity index (χ3n) is 2.50. The van der Waals surface area contributed by atoms with Gasteiger partial charge in [-0.1, -0.05) is 19.0 Å². The van der Waals surface area contributed by atoms with Gasteiger partial charge in [-0.15, -0.1) is 24.0 Å². The van der Waals surface area contributed by atoms with Crippen LogP contribution in [0, 0.1) is 0 Å². The molecule has 0 fully saturated rings. The van der Waals surface area contributed by atoms with E-state index in [0.717, 1.165) is 35.8 Å². The van der Waals surface area contributed by atoms with E-state index in [1.54, 1.807) is 7.05 Å². The van der Waals surface area contributed by atoms with E-state index in [0.29, 0.717) is 6.54 Å². The number of nitrogens with one attached hydrogen (secondary N) is 2. The first-order chi connectivity index (χ1) is 7.76. The summed E-state index contributed by atoms with van der Waals surface area (Å²) in [6.45, 7) is 4.84. The minimum Gasteiger partial charge on any atom is -0.361 e. The van der Waals surface area contributed by atoms with E-state index >= 15 is 0 Å². The van der Waals surface area contributed by atoms with Crippen LogP contribution in [0.5, 0.6) is 0 Å². The molecule has 0 amide bonds. The van der Waals surface area contributed by atoms with Gasteiger partial charge in [0.1, 0.15) is 5.76 Å². The van der Waals surface area contributed by atoms with Gasteiger partial charge in [-0.3, -0.25) is 4.99 Å². The summed E-state index contributed by atoms with van der Waals surface area (Å²) in [5, 5.41) is 10.2. The lowest BCUT2D eigenvalue weighted by molar-refractivity contribution is 0.380. The average Bonchev–Trinajstić information content (AvgIpc) is 2.72. The Morgan fingerprint density at radius 1 is 1.35 bits per heavy atom.